The predicted molar refractivity (Wildman–Crippen MR) is 97.7 cm³/mol. The van der Waals surface area contributed by atoms with Gasteiger partial charge in [0, 0.05) is 45.2 Å². The molecule has 1 aromatic rings. The third-order valence-corrected chi connectivity index (χ3v) is 5.79. The molecule has 146 valence electrons. The Morgan fingerprint density at radius 3 is 2.48 bits per heavy atom. The molecule has 0 N–H and O–H groups in total. The second kappa shape index (κ2) is 7.94. The summed E-state index contributed by atoms with van der Waals surface area (Å²) in [5, 5.41) is 0. The fourth-order valence-corrected chi connectivity index (χ4v) is 4.04. The van der Waals surface area contributed by atoms with E-state index in [-0.39, 0.29) is 29.5 Å². The largest absolute Gasteiger partial charge is 0.378 e. The van der Waals surface area contributed by atoms with Gasteiger partial charge in [0.05, 0.1) is 19.8 Å². The molecule has 1 aliphatic carbocycles. The van der Waals surface area contributed by atoms with E-state index < -0.39 is 0 Å². The Labute approximate surface area is 158 Å². The summed E-state index contributed by atoms with van der Waals surface area (Å²) >= 11 is 0. The van der Waals surface area contributed by atoms with E-state index in [1.165, 1.54) is 12.1 Å². The Balaban J connectivity index is 1.23. The van der Waals surface area contributed by atoms with Crippen molar-refractivity contribution in [3.8, 4) is 0 Å². The summed E-state index contributed by atoms with van der Waals surface area (Å²) in [7, 11) is 0. The van der Waals surface area contributed by atoms with E-state index in [0.29, 0.717) is 45.9 Å². The van der Waals surface area contributed by atoms with Crippen molar-refractivity contribution in [3.63, 3.8) is 0 Å². The minimum absolute atomic E-state index is 0.0201. The molecule has 27 heavy (non-hydrogen) atoms. The zero-order valence-corrected chi connectivity index (χ0v) is 15.5. The number of rotatable bonds is 4. The van der Waals surface area contributed by atoms with Gasteiger partial charge >= 0.3 is 0 Å². The van der Waals surface area contributed by atoms with Crippen LogP contribution in [0.3, 0.4) is 0 Å². The predicted octanol–water partition coefficient (Wildman–Crippen LogP) is 0.932. The SMILES string of the molecule is O=C(CN1CCN(C(=O)C2CC2c2cccc(F)c2)CC1)N1CCOCC1. The molecule has 0 spiro atoms. The van der Waals surface area contributed by atoms with E-state index in [1.54, 1.807) is 6.07 Å². The second-order valence-electron chi connectivity index (χ2n) is 7.60. The molecule has 1 aromatic carbocycles. The lowest BCUT2D eigenvalue weighted by atomic mass is 10.1. The number of amides is 2. The summed E-state index contributed by atoms with van der Waals surface area (Å²) < 4.78 is 18.7. The van der Waals surface area contributed by atoms with Crippen LogP contribution >= 0.6 is 0 Å². The van der Waals surface area contributed by atoms with Gasteiger partial charge in [0.1, 0.15) is 5.82 Å². The molecule has 2 aliphatic heterocycles. The van der Waals surface area contributed by atoms with E-state index in [2.05, 4.69) is 4.90 Å². The number of ether oxygens (including phenoxy) is 1. The zero-order chi connectivity index (χ0) is 18.8. The average Bonchev–Trinajstić information content (AvgIpc) is 3.50. The van der Waals surface area contributed by atoms with E-state index in [0.717, 1.165) is 25.1 Å². The number of halogens is 1. The Morgan fingerprint density at radius 1 is 1.04 bits per heavy atom. The van der Waals surface area contributed by atoms with Crippen LogP contribution in [0.2, 0.25) is 0 Å². The van der Waals surface area contributed by atoms with Gasteiger partial charge in [0.25, 0.3) is 0 Å². The first-order valence-corrected chi connectivity index (χ1v) is 9.74. The normalized spacial score (nSPS) is 26.1. The molecular weight excluding hydrogens is 349 g/mol. The van der Waals surface area contributed by atoms with Crippen molar-refractivity contribution in [1.29, 1.82) is 0 Å². The number of hydrogen-bond acceptors (Lipinski definition) is 4. The number of piperazine rings is 1. The van der Waals surface area contributed by atoms with Crippen LogP contribution in [0.1, 0.15) is 17.9 Å². The fourth-order valence-electron chi connectivity index (χ4n) is 4.04. The number of benzene rings is 1. The number of hydrogen-bond donors (Lipinski definition) is 0. The van der Waals surface area contributed by atoms with Gasteiger partial charge in [-0.05, 0) is 30.0 Å². The van der Waals surface area contributed by atoms with E-state index >= 15 is 0 Å². The van der Waals surface area contributed by atoms with Gasteiger partial charge in [-0.15, -0.1) is 0 Å². The maximum absolute atomic E-state index is 13.4. The van der Waals surface area contributed by atoms with Gasteiger partial charge in [0.2, 0.25) is 11.8 Å². The van der Waals surface area contributed by atoms with Crippen LogP contribution in [0.15, 0.2) is 24.3 Å². The molecule has 2 heterocycles. The lowest BCUT2D eigenvalue weighted by Crippen LogP contribution is -2.53. The smallest absolute Gasteiger partial charge is 0.236 e. The van der Waals surface area contributed by atoms with Crippen molar-refractivity contribution >= 4 is 11.8 Å². The summed E-state index contributed by atoms with van der Waals surface area (Å²) in [4.78, 5) is 31.0. The first-order valence-electron chi connectivity index (χ1n) is 9.74. The highest BCUT2D eigenvalue weighted by atomic mass is 19.1. The molecule has 2 unspecified atom stereocenters. The van der Waals surface area contributed by atoms with Crippen molar-refractivity contribution in [2.24, 2.45) is 5.92 Å². The molecule has 0 bridgehead atoms. The topological polar surface area (TPSA) is 53.1 Å². The Hall–Kier alpha value is -1.99. The number of carbonyl (C=O) groups excluding carboxylic acids is 2. The molecule has 3 aliphatic rings. The van der Waals surface area contributed by atoms with E-state index in [9.17, 15) is 14.0 Å². The summed E-state index contributed by atoms with van der Waals surface area (Å²) in [5.41, 5.74) is 0.920. The van der Waals surface area contributed by atoms with Crippen LogP contribution in [0, 0.1) is 11.7 Å². The number of nitrogens with zero attached hydrogens (tertiary/aromatic N) is 3. The summed E-state index contributed by atoms with van der Waals surface area (Å²) in [5.74, 6) is 0.196. The third-order valence-electron chi connectivity index (χ3n) is 5.79. The molecule has 6 nitrogen and oxygen atoms in total. The quantitative estimate of drug-likeness (QED) is 0.786. The van der Waals surface area contributed by atoms with Crippen LogP contribution in [0.4, 0.5) is 4.39 Å². The van der Waals surface area contributed by atoms with Gasteiger partial charge in [-0.1, -0.05) is 12.1 Å². The fraction of sp³-hybridized carbons (Fsp3) is 0.600. The Morgan fingerprint density at radius 2 is 1.78 bits per heavy atom. The maximum atomic E-state index is 13.4. The summed E-state index contributed by atoms with van der Waals surface area (Å²) in [6, 6.07) is 6.57. The molecule has 1 saturated carbocycles. The van der Waals surface area contributed by atoms with Crippen molar-refractivity contribution < 1.29 is 18.7 Å². The van der Waals surface area contributed by atoms with Crippen LogP contribution in [0.5, 0.6) is 0 Å². The highest BCUT2D eigenvalue weighted by Crippen LogP contribution is 2.48. The average molecular weight is 375 g/mol. The summed E-state index contributed by atoms with van der Waals surface area (Å²) in [6.45, 7) is 5.73. The second-order valence-corrected chi connectivity index (χ2v) is 7.60. The van der Waals surface area contributed by atoms with Crippen molar-refractivity contribution in [2.45, 2.75) is 12.3 Å². The van der Waals surface area contributed by atoms with Gasteiger partial charge in [0.15, 0.2) is 0 Å². The van der Waals surface area contributed by atoms with Gasteiger partial charge in [-0.25, -0.2) is 4.39 Å². The standard InChI is InChI=1S/C20H26FN3O3/c21-16-3-1-2-15(12-16)17-13-18(17)20(26)24-6-4-22(5-7-24)14-19(25)23-8-10-27-11-9-23/h1-3,12,17-18H,4-11,13-14H2. The first-order chi connectivity index (χ1) is 13.1. The van der Waals surface area contributed by atoms with E-state index in [4.69, 9.17) is 4.74 Å². The molecule has 2 saturated heterocycles. The van der Waals surface area contributed by atoms with Crippen molar-refractivity contribution in [2.75, 3.05) is 59.0 Å². The van der Waals surface area contributed by atoms with Crippen LogP contribution in [-0.2, 0) is 14.3 Å². The molecule has 3 fully saturated rings. The Bertz CT molecular complexity index is 699. The minimum atomic E-state index is -0.246. The highest BCUT2D eigenvalue weighted by molar-refractivity contribution is 5.83. The molecule has 2 atom stereocenters. The van der Waals surface area contributed by atoms with Crippen LogP contribution in [-0.4, -0.2) is 85.5 Å². The van der Waals surface area contributed by atoms with Gasteiger partial charge < -0.3 is 14.5 Å². The van der Waals surface area contributed by atoms with Crippen molar-refractivity contribution in [3.05, 3.63) is 35.6 Å². The molecular formula is C20H26FN3O3. The monoisotopic (exact) mass is 375 g/mol. The van der Waals surface area contributed by atoms with Gasteiger partial charge in [-0.2, -0.15) is 0 Å². The lowest BCUT2D eigenvalue weighted by molar-refractivity contribution is -0.138. The molecule has 4 rings (SSSR count). The molecule has 0 aromatic heterocycles. The van der Waals surface area contributed by atoms with Crippen molar-refractivity contribution in [1.82, 2.24) is 14.7 Å². The van der Waals surface area contributed by atoms with Gasteiger partial charge in [-0.3, -0.25) is 14.5 Å². The lowest BCUT2D eigenvalue weighted by Gasteiger charge is -2.36. The molecule has 7 heteroatoms. The molecule has 0 radical (unpaired) electrons. The number of morpholine rings is 1. The third kappa shape index (κ3) is 4.30. The molecule has 2 amide bonds. The minimum Gasteiger partial charge on any atom is -0.378 e. The van der Waals surface area contributed by atoms with Crippen LogP contribution < -0.4 is 0 Å². The Kier molecular flexibility index (Phi) is 5.41. The van der Waals surface area contributed by atoms with Crippen LogP contribution in [0.25, 0.3) is 0 Å². The summed E-state index contributed by atoms with van der Waals surface area (Å²) in [6.07, 6.45) is 0.804. The first kappa shape index (κ1) is 18.4. The highest BCUT2D eigenvalue weighted by Gasteiger charge is 2.46. The number of carbonyl (C=O) groups is 2. The van der Waals surface area contributed by atoms with E-state index in [1.807, 2.05) is 15.9 Å². The maximum Gasteiger partial charge on any atom is 0.236 e. The zero-order valence-electron chi connectivity index (χ0n) is 15.5.